The van der Waals surface area contributed by atoms with Gasteiger partial charge in [-0.3, -0.25) is 4.79 Å². The van der Waals surface area contributed by atoms with E-state index in [1.165, 1.54) is 18.3 Å². The van der Waals surface area contributed by atoms with Crippen molar-refractivity contribution in [3.63, 3.8) is 0 Å². The minimum Gasteiger partial charge on any atom is -0.358 e. The summed E-state index contributed by atoms with van der Waals surface area (Å²) >= 11 is 0. The van der Waals surface area contributed by atoms with Crippen LogP contribution < -0.4 is 0 Å². The van der Waals surface area contributed by atoms with Crippen molar-refractivity contribution in [3.05, 3.63) is 34.0 Å². The predicted octanol–water partition coefficient (Wildman–Crippen LogP) is 1.83. The average Bonchev–Trinajstić information content (AvgIpc) is 2.16. The molecule has 0 saturated carbocycles. The molecule has 1 rings (SSSR count). The molecular formula is C9H10N2O3. The SMILES string of the molecule is CC(C)C(=O)c1ccc([N+](=O)[O-])nc1. The summed E-state index contributed by atoms with van der Waals surface area (Å²) in [6, 6.07) is 2.66. The Kier molecular flexibility index (Phi) is 2.91. The number of pyridine rings is 1. The maximum Gasteiger partial charge on any atom is 0.363 e. The van der Waals surface area contributed by atoms with Gasteiger partial charge in [-0.25, -0.2) is 0 Å². The lowest BCUT2D eigenvalue weighted by Gasteiger charge is -2.00. The van der Waals surface area contributed by atoms with E-state index in [2.05, 4.69) is 4.98 Å². The fraction of sp³-hybridized carbons (Fsp3) is 0.333. The maximum atomic E-state index is 11.4. The molecule has 0 bridgehead atoms. The predicted molar refractivity (Wildman–Crippen MR) is 50.1 cm³/mol. The van der Waals surface area contributed by atoms with Crippen LogP contribution in [-0.4, -0.2) is 15.7 Å². The van der Waals surface area contributed by atoms with E-state index in [-0.39, 0.29) is 17.5 Å². The molecule has 74 valence electrons. The van der Waals surface area contributed by atoms with Crippen molar-refractivity contribution in [2.75, 3.05) is 0 Å². The molecule has 0 aliphatic heterocycles. The molecule has 1 heterocycles. The van der Waals surface area contributed by atoms with E-state index in [0.717, 1.165) is 0 Å². The Morgan fingerprint density at radius 1 is 1.50 bits per heavy atom. The van der Waals surface area contributed by atoms with Gasteiger partial charge >= 0.3 is 5.82 Å². The first-order valence-corrected chi connectivity index (χ1v) is 4.17. The van der Waals surface area contributed by atoms with Crippen molar-refractivity contribution in [1.82, 2.24) is 4.98 Å². The molecule has 0 unspecified atom stereocenters. The molecule has 0 atom stereocenters. The van der Waals surface area contributed by atoms with E-state index >= 15 is 0 Å². The lowest BCUT2D eigenvalue weighted by atomic mass is 10.0. The van der Waals surface area contributed by atoms with Gasteiger partial charge in [-0.15, -0.1) is 0 Å². The van der Waals surface area contributed by atoms with Gasteiger partial charge in [0.1, 0.15) is 0 Å². The van der Waals surface area contributed by atoms with Crippen LogP contribution >= 0.6 is 0 Å². The molecule has 0 N–H and O–H groups in total. The van der Waals surface area contributed by atoms with E-state index in [0.29, 0.717) is 5.56 Å². The first-order valence-electron chi connectivity index (χ1n) is 4.17. The molecule has 5 nitrogen and oxygen atoms in total. The number of hydrogen-bond donors (Lipinski definition) is 0. The molecule has 1 aromatic heterocycles. The smallest absolute Gasteiger partial charge is 0.358 e. The highest BCUT2D eigenvalue weighted by Crippen LogP contribution is 2.11. The Labute approximate surface area is 80.9 Å². The molecule has 0 aliphatic carbocycles. The average molecular weight is 194 g/mol. The first-order chi connectivity index (χ1) is 6.52. The summed E-state index contributed by atoms with van der Waals surface area (Å²) in [5.74, 6) is -0.434. The van der Waals surface area contributed by atoms with Crippen LogP contribution in [0.15, 0.2) is 18.3 Å². The minimum atomic E-state index is -0.594. The molecule has 0 saturated heterocycles. The van der Waals surface area contributed by atoms with E-state index in [4.69, 9.17) is 0 Å². The van der Waals surface area contributed by atoms with Crippen LogP contribution in [0.4, 0.5) is 5.82 Å². The van der Waals surface area contributed by atoms with Crippen LogP contribution in [-0.2, 0) is 0 Å². The van der Waals surface area contributed by atoms with E-state index in [1.54, 1.807) is 13.8 Å². The van der Waals surface area contributed by atoms with Crippen molar-refractivity contribution >= 4 is 11.6 Å². The van der Waals surface area contributed by atoms with Crippen LogP contribution in [0.5, 0.6) is 0 Å². The highest BCUT2D eigenvalue weighted by Gasteiger charge is 2.14. The number of aromatic nitrogens is 1. The molecule has 0 radical (unpaired) electrons. The summed E-state index contributed by atoms with van der Waals surface area (Å²) in [6.45, 7) is 3.54. The first kappa shape index (κ1) is 10.3. The van der Waals surface area contributed by atoms with Crippen molar-refractivity contribution in [2.45, 2.75) is 13.8 Å². The zero-order valence-corrected chi connectivity index (χ0v) is 7.93. The molecule has 0 aliphatic rings. The summed E-state index contributed by atoms with van der Waals surface area (Å²) in [4.78, 5) is 24.7. The summed E-state index contributed by atoms with van der Waals surface area (Å²) < 4.78 is 0. The second kappa shape index (κ2) is 3.95. The second-order valence-electron chi connectivity index (χ2n) is 3.18. The molecular weight excluding hydrogens is 184 g/mol. The Bertz CT molecular complexity index is 357. The third-order valence-electron chi connectivity index (χ3n) is 1.74. The second-order valence-corrected chi connectivity index (χ2v) is 3.18. The normalized spacial score (nSPS) is 10.2. The Morgan fingerprint density at radius 3 is 2.50 bits per heavy atom. The van der Waals surface area contributed by atoms with Gasteiger partial charge in [0.05, 0.1) is 5.56 Å². The van der Waals surface area contributed by atoms with Gasteiger partial charge in [-0.05, 0) is 16.0 Å². The zero-order chi connectivity index (χ0) is 10.7. The number of rotatable bonds is 3. The summed E-state index contributed by atoms with van der Waals surface area (Å²) in [5.41, 5.74) is 0.408. The number of ketones is 1. The molecule has 5 heteroatoms. The van der Waals surface area contributed by atoms with Crippen LogP contribution in [0.2, 0.25) is 0 Å². The third kappa shape index (κ3) is 2.12. The topological polar surface area (TPSA) is 73.1 Å². The minimum absolute atomic E-state index is 0.0626. The van der Waals surface area contributed by atoms with Crippen LogP contribution in [0, 0.1) is 16.0 Å². The number of carbonyl (C=O) groups excluding carboxylic acids is 1. The van der Waals surface area contributed by atoms with E-state index < -0.39 is 4.92 Å². The summed E-state index contributed by atoms with van der Waals surface area (Å²) in [7, 11) is 0. The van der Waals surface area contributed by atoms with Crippen molar-refractivity contribution in [1.29, 1.82) is 0 Å². The zero-order valence-electron chi connectivity index (χ0n) is 7.93. The molecule has 0 amide bonds. The lowest BCUT2D eigenvalue weighted by molar-refractivity contribution is -0.389. The van der Waals surface area contributed by atoms with Crippen LogP contribution in [0.25, 0.3) is 0 Å². The number of hydrogen-bond acceptors (Lipinski definition) is 4. The van der Waals surface area contributed by atoms with Crippen LogP contribution in [0.3, 0.4) is 0 Å². The molecule has 0 spiro atoms. The number of nitro groups is 1. The van der Waals surface area contributed by atoms with Gasteiger partial charge in [0, 0.05) is 12.0 Å². The molecule has 0 aromatic carbocycles. The molecule has 14 heavy (non-hydrogen) atoms. The van der Waals surface area contributed by atoms with Gasteiger partial charge in [0.25, 0.3) is 0 Å². The van der Waals surface area contributed by atoms with Gasteiger partial charge in [-0.2, -0.15) is 0 Å². The Balaban J connectivity index is 2.94. The van der Waals surface area contributed by atoms with Gasteiger partial charge in [-0.1, -0.05) is 13.8 Å². The van der Waals surface area contributed by atoms with E-state index in [9.17, 15) is 14.9 Å². The van der Waals surface area contributed by atoms with E-state index in [1.807, 2.05) is 0 Å². The van der Waals surface area contributed by atoms with Gasteiger partial charge in [0.2, 0.25) is 0 Å². The Hall–Kier alpha value is -1.78. The summed E-state index contributed by atoms with van der Waals surface area (Å²) in [6.07, 6.45) is 1.24. The largest absolute Gasteiger partial charge is 0.363 e. The molecule has 0 fully saturated rings. The fourth-order valence-corrected chi connectivity index (χ4v) is 0.973. The number of Topliss-reactive ketones (excluding diaryl/α,β-unsaturated/α-hetero) is 1. The quantitative estimate of drug-likeness (QED) is 0.418. The molecule has 1 aromatic rings. The van der Waals surface area contributed by atoms with Gasteiger partial charge < -0.3 is 10.1 Å². The maximum absolute atomic E-state index is 11.4. The highest BCUT2D eigenvalue weighted by atomic mass is 16.6. The monoisotopic (exact) mass is 194 g/mol. The van der Waals surface area contributed by atoms with Crippen LogP contribution in [0.1, 0.15) is 24.2 Å². The lowest BCUT2D eigenvalue weighted by Crippen LogP contribution is -2.07. The highest BCUT2D eigenvalue weighted by molar-refractivity contribution is 5.97. The van der Waals surface area contributed by atoms with Crippen molar-refractivity contribution in [2.24, 2.45) is 5.92 Å². The van der Waals surface area contributed by atoms with Gasteiger partial charge in [0.15, 0.2) is 12.0 Å². The van der Waals surface area contributed by atoms with Crippen molar-refractivity contribution in [3.8, 4) is 0 Å². The fourth-order valence-electron chi connectivity index (χ4n) is 0.973. The summed E-state index contributed by atoms with van der Waals surface area (Å²) in [5, 5.41) is 10.3. The number of nitrogens with zero attached hydrogens (tertiary/aromatic N) is 2. The third-order valence-corrected chi connectivity index (χ3v) is 1.74. The Morgan fingerprint density at radius 2 is 2.14 bits per heavy atom. The number of carbonyl (C=O) groups is 1. The van der Waals surface area contributed by atoms with Crippen molar-refractivity contribution < 1.29 is 9.72 Å². The standard InChI is InChI=1S/C9H10N2O3/c1-6(2)9(12)7-3-4-8(10-5-7)11(13)14/h3-6H,1-2H3.